The zero-order chi connectivity index (χ0) is 23.2. The first-order valence-electron chi connectivity index (χ1n) is 10.8. The van der Waals surface area contributed by atoms with Crippen LogP contribution in [0.5, 0.6) is 5.75 Å². The molecule has 0 aliphatic carbocycles. The first-order valence-corrected chi connectivity index (χ1v) is 11.2. The Morgan fingerprint density at radius 2 is 1.79 bits per heavy atom. The van der Waals surface area contributed by atoms with Crippen LogP contribution in [0.25, 0.3) is 11.4 Å². The lowest BCUT2D eigenvalue weighted by Gasteiger charge is -2.20. The molecule has 0 bridgehead atoms. The lowest BCUT2D eigenvalue weighted by molar-refractivity contribution is -0.121. The summed E-state index contributed by atoms with van der Waals surface area (Å²) in [5.41, 5.74) is 4.09. The number of nitrogens with zero attached hydrogens (tertiary/aromatic N) is 2. The minimum Gasteiger partial charge on any atom is -0.497 e. The number of hydrogen-bond donors (Lipinski definition) is 2. The van der Waals surface area contributed by atoms with Crippen LogP contribution < -0.4 is 10.1 Å². The molecule has 1 atom stereocenters. The topological polar surface area (TPSA) is 71.9 Å². The van der Waals surface area contributed by atoms with Gasteiger partial charge in [-0.2, -0.15) is 5.10 Å². The van der Waals surface area contributed by atoms with Gasteiger partial charge in [0.25, 0.3) is 0 Å². The third-order valence-corrected chi connectivity index (χ3v) is 5.80. The lowest BCUT2D eigenvalue weighted by atomic mass is 9.98. The molecule has 0 radical (unpaired) electrons. The highest BCUT2D eigenvalue weighted by Crippen LogP contribution is 2.24. The highest BCUT2D eigenvalue weighted by Gasteiger charge is 2.18. The summed E-state index contributed by atoms with van der Waals surface area (Å²) >= 11 is 5.42. The predicted octanol–water partition coefficient (Wildman–Crippen LogP) is 5.22. The van der Waals surface area contributed by atoms with E-state index in [1.807, 2.05) is 84.3 Å². The number of aromatic nitrogens is 3. The fourth-order valence-corrected chi connectivity index (χ4v) is 4.00. The summed E-state index contributed by atoms with van der Waals surface area (Å²) in [6, 6.07) is 25.5. The average molecular weight is 459 g/mol. The molecule has 168 valence electrons. The van der Waals surface area contributed by atoms with E-state index in [1.54, 1.807) is 7.11 Å². The van der Waals surface area contributed by atoms with Gasteiger partial charge in [-0.15, -0.1) is 0 Å². The fraction of sp³-hybridized carbons (Fsp3) is 0.192. The van der Waals surface area contributed by atoms with Gasteiger partial charge in [0.05, 0.1) is 13.2 Å². The zero-order valence-electron chi connectivity index (χ0n) is 18.6. The summed E-state index contributed by atoms with van der Waals surface area (Å²) in [4.78, 5) is 13.0. The first-order chi connectivity index (χ1) is 16.0. The number of amides is 1. The monoisotopic (exact) mass is 458 g/mol. The average Bonchev–Trinajstić information content (AvgIpc) is 3.22. The van der Waals surface area contributed by atoms with Crippen molar-refractivity contribution in [1.82, 2.24) is 20.1 Å². The standard InChI is InChI=1S/C26H26N4O2S/c1-18-7-6-10-21(17-18)25-28-29-26(33)30(25)16-15-23(31)27-24(19-8-4-3-5-9-19)20-11-13-22(32-2)14-12-20/h3-14,17,24H,15-16H2,1-2H3,(H,27,31)(H,29,33). The summed E-state index contributed by atoms with van der Waals surface area (Å²) in [5, 5.41) is 10.4. The number of aromatic amines is 1. The van der Waals surface area contributed by atoms with E-state index in [2.05, 4.69) is 21.6 Å². The normalized spacial score (nSPS) is 11.7. The minimum absolute atomic E-state index is 0.0713. The van der Waals surface area contributed by atoms with Crippen LogP contribution in [0.3, 0.4) is 0 Å². The van der Waals surface area contributed by atoms with Gasteiger partial charge in [0.15, 0.2) is 10.6 Å². The molecule has 3 aromatic carbocycles. The molecule has 1 heterocycles. The van der Waals surface area contributed by atoms with Gasteiger partial charge in [-0.3, -0.25) is 14.5 Å². The summed E-state index contributed by atoms with van der Waals surface area (Å²) in [6.07, 6.45) is 0.270. The van der Waals surface area contributed by atoms with E-state index >= 15 is 0 Å². The fourth-order valence-electron chi connectivity index (χ4n) is 3.78. The number of rotatable bonds is 8. The van der Waals surface area contributed by atoms with Crippen molar-refractivity contribution in [2.45, 2.75) is 25.9 Å². The van der Waals surface area contributed by atoms with Crippen molar-refractivity contribution in [2.24, 2.45) is 0 Å². The molecular formula is C26H26N4O2S. The molecule has 7 heteroatoms. The molecule has 1 aromatic heterocycles. The second-order valence-electron chi connectivity index (χ2n) is 7.81. The molecule has 4 aromatic rings. The van der Waals surface area contributed by atoms with Crippen LogP contribution in [0.4, 0.5) is 0 Å². The second kappa shape index (κ2) is 10.3. The lowest BCUT2D eigenvalue weighted by Crippen LogP contribution is -2.30. The number of H-pyrrole nitrogens is 1. The number of hydrogen-bond acceptors (Lipinski definition) is 4. The number of ether oxygens (including phenoxy) is 1. The Kier molecular flexibility index (Phi) is 7.00. The molecule has 4 rings (SSSR count). The Labute approximate surface area is 198 Å². The Morgan fingerprint density at radius 1 is 1.06 bits per heavy atom. The largest absolute Gasteiger partial charge is 0.497 e. The van der Waals surface area contributed by atoms with Gasteiger partial charge in [0.2, 0.25) is 5.91 Å². The Morgan fingerprint density at radius 3 is 2.48 bits per heavy atom. The molecule has 0 aliphatic heterocycles. The Balaban J connectivity index is 1.52. The molecule has 6 nitrogen and oxygen atoms in total. The Hall–Kier alpha value is -3.71. The van der Waals surface area contributed by atoms with Crippen LogP contribution in [0.2, 0.25) is 0 Å². The SMILES string of the molecule is COc1ccc(C(NC(=O)CCn2c(-c3cccc(C)c3)n[nH]c2=S)c2ccccc2)cc1. The van der Waals surface area contributed by atoms with Crippen LogP contribution in [0, 0.1) is 11.7 Å². The van der Waals surface area contributed by atoms with Gasteiger partial charge in [0.1, 0.15) is 5.75 Å². The molecule has 1 amide bonds. The van der Waals surface area contributed by atoms with Gasteiger partial charge in [-0.05, 0) is 48.5 Å². The smallest absolute Gasteiger partial charge is 0.222 e. The summed E-state index contributed by atoms with van der Waals surface area (Å²) in [6.45, 7) is 2.46. The summed E-state index contributed by atoms with van der Waals surface area (Å²) < 4.78 is 7.64. The van der Waals surface area contributed by atoms with Crippen LogP contribution >= 0.6 is 12.2 Å². The van der Waals surface area contributed by atoms with Crippen molar-refractivity contribution in [2.75, 3.05) is 7.11 Å². The van der Waals surface area contributed by atoms with Crippen molar-refractivity contribution in [3.05, 3.63) is 100 Å². The highest BCUT2D eigenvalue weighted by atomic mass is 32.1. The van der Waals surface area contributed by atoms with Crippen LogP contribution in [0.15, 0.2) is 78.9 Å². The number of methoxy groups -OCH3 is 1. The van der Waals surface area contributed by atoms with E-state index < -0.39 is 0 Å². The third kappa shape index (κ3) is 5.38. The van der Waals surface area contributed by atoms with Crippen LogP contribution in [-0.2, 0) is 11.3 Å². The van der Waals surface area contributed by atoms with E-state index in [0.717, 1.165) is 33.8 Å². The van der Waals surface area contributed by atoms with Crippen molar-refractivity contribution < 1.29 is 9.53 Å². The third-order valence-electron chi connectivity index (χ3n) is 5.48. The molecular weight excluding hydrogens is 432 g/mol. The maximum absolute atomic E-state index is 13.0. The molecule has 0 aliphatic rings. The minimum atomic E-state index is -0.266. The van der Waals surface area contributed by atoms with Crippen LogP contribution in [0.1, 0.15) is 29.2 Å². The maximum Gasteiger partial charge on any atom is 0.222 e. The summed E-state index contributed by atoms with van der Waals surface area (Å²) in [5.74, 6) is 1.43. The maximum atomic E-state index is 13.0. The van der Waals surface area contributed by atoms with Crippen molar-refractivity contribution in [3.8, 4) is 17.1 Å². The van der Waals surface area contributed by atoms with Gasteiger partial charge in [0, 0.05) is 18.5 Å². The molecule has 0 saturated carbocycles. The van der Waals surface area contributed by atoms with Gasteiger partial charge in [-0.1, -0.05) is 66.2 Å². The van der Waals surface area contributed by atoms with E-state index in [4.69, 9.17) is 17.0 Å². The Bertz CT molecular complexity index is 1280. The van der Waals surface area contributed by atoms with Crippen molar-refractivity contribution >= 4 is 18.1 Å². The quantitative estimate of drug-likeness (QED) is 0.355. The molecule has 0 fully saturated rings. The molecule has 0 spiro atoms. The molecule has 0 saturated heterocycles. The van der Waals surface area contributed by atoms with E-state index in [-0.39, 0.29) is 18.4 Å². The number of aryl methyl sites for hydroxylation is 1. The molecule has 2 N–H and O–H groups in total. The van der Waals surface area contributed by atoms with E-state index in [9.17, 15) is 4.79 Å². The number of carbonyl (C=O) groups is 1. The molecule has 1 unspecified atom stereocenters. The van der Waals surface area contributed by atoms with Gasteiger partial charge >= 0.3 is 0 Å². The van der Waals surface area contributed by atoms with E-state index in [1.165, 1.54) is 0 Å². The highest BCUT2D eigenvalue weighted by molar-refractivity contribution is 7.71. The molecule has 33 heavy (non-hydrogen) atoms. The number of benzene rings is 3. The van der Waals surface area contributed by atoms with E-state index in [0.29, 0.717) is 11.3 Å². The second-order valence-corrected chi connectivity index (χ2v) is 8.19. The summed E-state index contributed by atoms with van der Waals surface area (Å²) in [7, 11) is 1.64. The zero-order valence-corrected chi connectivity index (χ0v) is 19.4. The number of nitrogens with one attached hydrogen (secondary N) is 2. The van der Waals surface area contributed by atoms with Crippen LogP contribution in [-0.4, -0.2) is 27.8 Å². The van der Waals surface area contributed by atoms with Crippen molar-refractivity contribution in [3.63, 3.8) is 0 Å². The van der Waals surface area contributed by atoms with Crippen molar-refractivity contribution in [1.29, 1.82) is 0 Å². The van der Waals surface area contributed by atoms with Gasteiger partial charge in [-0.25, -0.2) is 0 Å². The number of carbonyl (C=O) groups excluding carboxylic acids is 1. The van der Waals surface area contributed by atoms with Gasteiger partial charge < -0.3 is 10.1 Å². The predicted molar refractivity (Wildman–Crippen MR) is 132 cm³/mol. The first kappa shape index (κ1) is 22.5.